The minimum atomic E-state index is -0.289. The molecule has 0 heterocycles. The van der Waals surface area contributed by atoms with E-state index in [2.05, 4.69) is 30.3 Å². The summed E-state index contributed by atoms with van der Waals surface area (Å²) in [4.78, 5) is 13.0. The van der Waals surface area contributed by atoms with Gasteiger partial charge >= 0.3 is 0 Å². The van der Waals surface area contributed by atoms with Crippen molar-refractivity contribution in [2.75, 3.05) is 33.8 Å². The normalized spacial score (nSPS) is 10.2. The molecule has 122 valence electrons. The van der Waals surface area contributed by atoms with E-state index < -0.39 is 0 Å². The lowest BCUT2D eigenvalue weighted by atomic mass is 10.2. The van der Waals surface area contributed by atoms with E-state index in [1.165, 1.54) is 4.90 Å². The number of hydrogen-bond acceptors (Lipinski definition) is 3. The number of hydrogen-bond donors (Lipinski definition) is 4. The van der Waals surface area contributed by atoms with Gasteiger partial charge in [0.05, 0.1) is 20.6 Å². The highest BCUT2D eigenvalue weighted by Gasteiger charge is 2.03. The zero-order valence-corrected chi connectivity index (χ0v) is 14.2. The predicted octanol–water partition coefficient (Wildman–Crippen LogP) is -0.596. The molecule has 0 unspecified atom stereocenters. The van der Waals surface area contributed by atoms with E-state index in [1.807, 2.05) is 31.2 Å². The number of amides is 1. The van der Waals surface area contributed by atoms with Crippen molar-refractivity contribution >= 4 is 23.2 Å². The van der Waals surface area contributed by atoms with Crippen LogP contribution in [0.2, 0.25) is 0 Å². The standard InChI is InChI=1S/C15H24N4O2S/c1-12-5-7-13(8-6-12)21-11-14(20)17-18-15(22)16-9-4-10-19(2)3/h5-8H,4,9-11H2,1-3H3,(H,17,20)(H2,16,18,22)/p+1. The number of ether oxygens (including phenoxy) is 1. The summed E-state index contributed by atoms with van der Waals surface area (Å²) in [7, 11) is 4.20. The van der Waals surface area contributed by atoms with Crippen LogP contribution in [0.1, 0.15) is 12.0 Å². The molecule has 0 radical (unpaired) electrons. The van der Waals surface area contributed by atoms with Crippen molar-refractivity contribution in [2.24, 2.45) is 0 Å². The van der Waals surface area contributed by atoms with Gasteiger partial charge in [-0.2, -0.15) is 0 Å². The van der Waals surface area contributed by atoms with Crippen LogP contribution in [-0.4, -0.2) is 44.8 Å². The summed E-state index contributed by atoms with van der Waals surface area (Å²) in [6.07, 6.45) is 1.01. The van der Waals surface area contributed by atoms with Gasteiger partial charge in [0.2, 0.25) is 0 Å². The monoisotopic (exact) mass is 325 g/mol. The number of quaternary nitrogens is 1. The van der Waals surface area contributed by atoms with Crippen molar-refractivity contribution < 1.29 is 14.4 Å². The van der Waals surface area contributed by atoms with Crippen molar-refractivity contribution in [3.63, 3.8) is 0 Å². The van der Waals surface area contributed by atoms with Crippen molar-refractivity contribution in [1.29, 1.82) is 0 Å². The fourth-order valence-corrected chi connectivity index (χ4v) is 1.79. The lowest BCUT2D eigenvalue weighted by Crippen LogP contribution is -3.05. The summed E-state index contributed by atoms with van der Waals surface area (Å²) >= 11 is 5.06. The fraction of sp³-hybridized carbons (Fsp3) is 0.467. The maximum absolute atomic E-state index is 11.6. The predicted molar refractivity (Wildman–Crippen MR) is 90.8 cm³/mol. The minimum absolute atomic E-state index is 0.0668. The molecule has 7 heteroatoms. The first-order valence-electron chi connectivity index (χ1n) is 7.28. The highest BCUT2D eigenvalue weighted by atomic mass is 32.1. The maximum Gasteiger partial charge on any atom is 0.276 e. The number of aryl methyl sites for hydroxylation is 1. The van der Waals surface area contributed by atoms with E-state index in [9.17, 15) is 4.79 Å². The van der Waals surface area contributed by atoms with Gasteiger partial charge in [-0.05, 0) is 31.3 Å². The van der Waals surface area contributed by atoms with E-state index in [0.717, 1.165) is 25.1 Å². The number of carbonyl (C=O) groups is 1. The van der Waals surface area contributed by atoms with Gasteiger partial charge in [0.15, 0.2) is 11.7 Å². The summed E-state index contributed by atoms with van der Waals surface area (Å²) in [5.74, 6) is 0.370. The lowest BCUT2D eigenvalue weighted by molar-refractivity contribution is -0.858. The van der Waals surface area contributed by atoms with Gasteiger partial charge in [0, 0.05) is 13.0 Å². The molecule has 1 rings (SSSR count). The summed E-state index contributed by atoms with van der Waals surface area (Å²) in [6, 6.07) is 7.52. The Morgan fingerprint density at radius 3 is 2.55 bits per heavy atom. The molecule has 0 aromatic heterocycles. The van der Waals surface area contributed by atoms with Gasteiger partial charge in [-0.25, -0.2) is 0 Å². The molecule has 0 saturated heterocycles. The Bertz CT molecular complexity index is 477. The van der Waals surface area contributed by atoms with Crippen LogP contribution in [0.15, 0.2) is 24.3 Å². The number of rotatable bonds is 7. The highest BCUT2D eigenvalue weighted by Crippen LogP contribution is 2.10. The Morgan fingerprint density at radius 1 is 1.23 bits per heavy atom. The van der Waals surface area contributed by atoms with Gasteiger partial charge in [-0.1, -0.05) is 17.7 Å². The SMILES string of the molecule is Cc1ccc(OCC(=O)NNC(=S)NCCC[NH+](C)C)cc1. The number of hydrazine groups is 1. The van der Waals surface area contributed by atoms with E-state index in [-0.39, 0.29) is 12.5 Å². The molecule has 4 N–H and O–H groups in total. The smallest absolute Gasteiger partial charge is 0.276 e. The fourth-order valence-electron chi connectivity index (χ4n) is 1.63. The topological polar surface area (TPSA) is 66.8 Å². The summed E-state index contributed by atoms with van der Waals surface area (Å²) in [5, 5.41) is 3.43. The molecule has 0 spiro atoms. The summed E-state index contributed by atoms with van der Waals surface area (Å²) in [6.45, 7) is 3.76. The molecular weight excluding hydrogens is 300 g/mol. The number of thiocarbonyl (C=S) groups is 1. The van der Waals surface area contributed by atoms with Crippen LogP contribution in [0.25, 0.3) is 0 Å². The minimum Gasteiger partial charge on any atom is -0.484 e. The molecule has 0 bridgehead atoms. The van der Waals surface area contributed by atoms with Gasteiger partial charge in [0.25, 0.3) is 5.91 Å². The molecule has 0 saturated carbocycles. The number of carbonyl (C=O) groups excluding carboxylic acids is 1. The molecule has 6 nitrogen and oxygen atoms in total. The lowest BCUT2D eigenvalue weighted by Gasteiger charge is -2.12. The Hall–Kier alpha value is -1.86. The first-order chi connectivity index (χ1) is 10.5. The van der Waals surface area contributed by atoms with Crippen molar-refractivity contribution in [2.45, 2.75) is 13.3 Å². The molecule has 1 amide bonds. The highest BCUT2D eigenvalue weighted by molar-refractivity contribution is 7.80. The van der Waals surface area contributed by atoms with E-state index in [0.29, 0.717) is 10.9 Å². The number of benzene rings is 1. The van der Waals surface area contributed by atoms with Crippen LogP contribution in [0.3, 0.4) is 0 Å². The van der Waals surface area contributed by atoms with Crippen LogP contribution in [0, 0.1) is 6.92 Å². The van der Waals surface area contributed by atoms with Gasteiger partial charge in [-0.3, -0.25) is 15.6 Å². The molecule has 0 aliphatic rings. The first kappa shape index (κ1) is 18.2. The largest absolute Gasteiger partial charge is 0.484 e. The molecule has 1 aromatic rings. The van der Waals surface area contributed by atoms with Crippen LogP contribution in [0.4, 0.5) is 0 Å². The third kappa shape index (κ3) is 8.43. The molecule has 0 aliphatic carbocycles. The zero-order valence-electron chi connectivity index (χ0n) is 13.4. The third-order valence-electron chi connectivity index (χ3n) is 2.85. The second-order valence-corrected chi connectivity index (χ2v) is 5.75. The van der Waals surface area contributed by atoms with E-state index in [1.54, 1.807) is 0 Å². The van der Waals surface area contributed by atoms with Crippen LogP contribution < -0.4 is 25.8 Å². The van der Waals surface area contributed by atoms with E-state index in [4.69, 9.17) is 17.0 Å². The molecular formula is C15H25N4O2S+. The van der Waals surface area contributed by atoms with Crippen LogP contribution in [0.5, 0.6) is 5.75 Å². The zero-order chi connectivity index (χ0) is 16.4. The van der Waals surface area contributed by atoms with Gasteiger partial charge in [0.1, 0.15) is 5.75 Å². The second kappa shape index (κ2) is 9.97. The molecule has 0 fully saturated rings. The van der Waals surface area contributed by atoms with Gasteiger partial charge in [-0.15, -0.1) is 0 Å². The molecule has 0 atom stereocenters. The van der Waals surface area contributed by atoms with Gasteiger partial charge < -0.3 is 15.0 Å². The third-order valence-corrected chi connectivity index (χ3v) is 3.09. The average Bonchev–Trinajstić information content (AvgIpc) is 2.48. The average molecular weight is 325 g/mol. The van der Waals surface area contributed by atoms with Crippen LogP contribution >= 0.6 is 12.2 Å². The van der Waals surface area contributed by atoms with Crippen molar-refractivity contribution in [3.05, 3.63) is 29.8 Å². The van der Waals surface area contributed by atoms with Crippen molar-refractivity contribution in [3.8, 4) is 5.75 Å². The van der Waals surface area contributed by atoms with Crippen molar-refractivity contribution in [1.82, 2.24) is 16.2 Å². The molecule has 22 heavy (non-hydrogen) atoms. The second-order valence-electron chi connectivity index (χ2n) is 5.34. The Balaban J connectivity index is 2.12. The Kier molecular flexibility index (Phi) is 8.24. The Morgan fingerprint density at radius 2 is 1.91 bits per heavy atom. The molecule has 0 aliphatic heterocycles. The first-order valence-corrected chi connectivity index (χ1v) is 7.69. The molecule has 1 aromatic carbocycles. The number of nitrogens with one attached hydrogen (secondary N) is 4. The quantitative estimate of drug-likeness (QED) is 0.306. The summed E-state index contributed by atoms with van der Waals surface area (Å²) in [5.41, 5.74) is 6.29. The summed E-state index contributed by atoms with van der Waals surface area (Å²) < 4.78 is 5.36. The maximum atomic E-state index is 11.6. The van der Waals surface area contributed by atoms with Crippen LogP contribution in [-0.2, 0) is 4.79 Å². The van der Waals surface area contributed by atoms with E-state index >= 15 is 0 Å². The Labute approximate surface area is 137 Å².